The maximum Gasteiger partial charge on any atom is 0.270 e. The van der Waals surface area contributed by atoms with Gasteiger partial charge in [-0.3, -0.25) is 4.79 Å². The van der Waals surface area contributed by atoms with Crippen LogP contribution < -0.4 is 16.2 Å². The molecular weight excluding hydrogens is 422 g/mol. The van der Waals surface area contributed by atoms with E-state index >= 15 is 0 Å². The van der Waals surface area contributed by atoms with Crippen LogP contribution in [0, 0.1) is 0 Å². The van der Waals surface area contributed by atoms with E-state index in [1.54, 1.807) is 50.6 Å². The van der Waals surface area contributed by atoms with Crippen molar-refractivity contribution in [3.8, 4) is 40.0 Å². The lowest BCUT2D eigenvalue weighted by Gasteiger charge is -2.10. The maximum absolute atomic E-state index is 12.1. The van der Waals surface area contributed by atoms with Gasteiger partial charge in [0.15, 0.2) is 11.5 Å². The minimum Gasteiger partial charge on any atom is -0.491 e. The topological polar surface area (TPSA) is 146 Å². The number of anilines is 1. The molecule has 0 fully saturated rings. The molecule has 0 spiro atoms. The highest BCUT2D eigenvalue weighted by molar-refractivity contribution is 5.94. The summed E-state index contributed by atoms with van der Waals surface area (Å²) in [4.78, 5) is 22.4. The zero-order valence-electron chi connectivity index (χ0n) is 18.2. The first kappa shape index (κ1) is 21.9. The smallest absolute Gasteiger partial charge is 0.270 e. The summed E-state index contributed by atoms with van der Waals surface area (Å²) in [5.41, 5.74) is 14.4. The standard InChI is InChI=1S/C23H23N7O3/c1-30(2)23(31)15-9-7-14(8-10-15)17-13-26-20(25)19(27-17)22-29-28-21(33-22)16-5-3-4-6-18(16)32-12-11-24/h3-10,13H,11-12,24H2,1-2H3,(H2,25,26). The summed E-state index contributed by atoms with van der Waals surface area (Å²) >= 11 is 0. The van der Waals surface area contributed by atoms with E-state index in [0.29, 0.717) is 35.7 Å². The van der Waals surface area contributed by atoms with Crippen LogP contribution in [-0.4, -0.2) is 58.2 Å². The van der Waals surface area contributed by atoms with Crippen LogP contribution in [-0.2, 0) is 0 Å². The van der Waals surface area contributed by atoms with Gasteiger partial charge in [0, 0.05) is 31.8 Å². The molecule has 0 atom stereocenters. The third kappa shape index (κ3) is 4.65. The lowest BCUT2D eigenvalue weighted by Crippen LogP contribution is -2.21. The molecule has 0 saturated heterocycles. The van der Waals surface area contributed by atoms with Crippen LogP contribution in [0.3, 0.4) is 0 Å². The minimum atomic E-state index is -0.0836. The molecule has 4 aromatic rings. The molecule has 0 aliphatic carbocycles. The number of nitrogens with zero attached hydrogens (tertiary/aromatic N) is 5. The van der Waals surface area contributed by atoms with Gasteiger partial charge in [0.05, 0.1) is 17.5 Å². The molecule has 168 valence electrons. The molecule has 0 unspecified atom stereocenters. The summed E-state index contributed by atoms with van der Waals surface area (Å²) in [5.74, 6) is 1.04. The highest BCUT2D eigenvalue weighted by Crippen LogP contribution is 2.32. The van der Waals surface area contributed by atoms with E-state index in [9.17, 15) is 4.79 Å². The number of para-hydroxylation sites is 1. The number of hydrogen-bond donors (Lipinski definition) is 2. The summed E-state index contributed by atoms with van der Waals surface area (Å²) in [6, 6.07) is 14.4. The van der Waals surface area contributed by atoms with Crippen molar-refractivity contribution in [3.63, 3.8) is 0 Å². The number of rotatable bonds is 7. The number of carbonyl (C=O) groups excluding carboxylic acids is 1. The van der Waals surface area contributed by atoms with Crippen molar-refractivity contribution in [1.29, 1.82) is 0 Å². The lowest BCUT2D eigenvalue weighted by atomic mass is 10.1. The van der Waals surface area contributed by atoms with E-state index in [0.717, 1.165) is 5.56 Å². The van der Waals surface area contributed by atoms with Crippen molar-refractivity contribution in [2.75, 3.05) is 33.0 Å². The van der Waals surface area contributed by atoms with Crippen LogP contribution in [0.4, 0.5) is 5.82 Å². The average molecular weight is 445 g/mol. The number of amides is 1. The molecule has 0 saturated carbocycles. The zero-order valence-corrected chi connectivity index (χ0v) is 18.2. The van der Waals surface area contributed by atoms with Crippen LogP contribution in [0.2, 0.25) is 0 Å². The van der Waals surface area contributed by atoms with Crippen molar-refractivity contribution in [2.24, 2.45) is 5.73 Å². The molecule has 1 amide bonds. The molecular formula is C23H23N7O3. The third-order valence-electron chi connectivity index (χ3n) is 4.76. The first-order valence-corrected chi connectivity index (χ1v) is 10.2. The Bertz CT molecular complexity index is 1270. The molecule has 2 aromatic heterocycles. The van der Waals surface area contributed by atoms with Gasteiger partial charge in [-0.15, -0.1) is 10.2 Å². The van der Waals surface area contributed by atoms with Crippen molar-refractivity contribution in [1.82, 2.24) is 25.1 Å². The van der Waals surface area contributed by atoms with Crippen molar-refractivity contribution in [3.05, 3.63) is 60.3 Å². The summed E-state index contributed by atoms with van der Waals surface area (Å²) in [6.07, 6.45) is 1.55. The summed E-state index contributed by atoms with van der Waals surface area (Å²) in [6.45, 7) is 0.740. The molecule has 4 N–H and O–H groups in total. The maximum atomic E-state index is 12.1. The molecule has 33 heavy (non-hydrogen) atoms. The summed E-state index contributed by atoms with van der Waals surface area (Å²) in [7, 11) is 3.41. The van der Waals surface area contributed by atoms with Gasteiger partial charge >= 0.3 is 0 Å². The number of ether oxygens (including phenoxy) is 1. The van der Waals surface area contributed by atoms with Gasteiger partial charge < -0.3 is 25.5 Å². The zero-order chi connectivity index (χ0) is 23.4. The van der Waals surface area contributed by atoms with Crippen LogP contribution in [0.5, 0.6) is 5.75 Å². The quantitative estimate of drug-likeness (QED) is 0.438. The molecule has 0 radical (unpaired) electrons. The van der Waals surface area contributed by atoms with Gasteiger partial charge in [-0.05, 0) is 24.3 Å². The number of nitrogen functional groups attached to an aromatic ring is 1. The molecule has 2 heterocycles. The van der Waals surface area contributed by atoms with Gasteiger partial charge in [-0.25, -0.2) is 9.97 Å². The number of hydrogen-bond acceptors (Lipinski definition) is 9. The number of nitrogens with two attached hydrogens (primary N) is 2. The van der Waals surface area contributed by atoms with Crippen LogP contribution in [0.15, 0.2) is 59.1 Å². The predicted molar refractivity (Wildman–Crippen MR) is 123 cm³/mol. The molecule has 10 nitrogen and oxygen atoms in total. The summed E-state index contributed by atoms with van der Waals surface area (Å²) in [5, 5.41) is 8.24. The van der Waals surface area contributed by atoms with Crippen molar-refractivity contribution < 1.29 is 13.9 Å². The van der Waals surface area contributed by atoms with Crippen molar-refractivity contribution >= 4 is 11.7 Å². The molecule has 0 bridgehead atoms. The van der Waals surface area contributed by atoms with Crippen LogP contribution >= 0.6 is 0 Å². The average Bonchev–Trinajstić information content (AvgIpc) is 3.32. The predicted octanol–water partition coefficient (Wildman–Crippen LogP) is 2.48. The fraction of sp³-hybridized carbons (Fsp3) is 0.174. The van der Waals surface area contributed by atoms with E-state index < -0.39 is 0 Å². The highest BCUT2D eigenvalue weighted by Gasteiger charge is 2.19. The third-order valence-corrected chi connectivity index (χ3v) is 4.76. The molecule has 10 heteroatoms. The Morgan fingerprint density at radius 1 is 1.06 bits per heavy atom. The SMILES string of the molecule is CN(C)C(=O)c1ccc(-c2cnc(N)c(-c3nnc(-c4ccccc4OCCN)o3)n2)cc1. The Hall–Kier alpha value is -4.31. The number of aromatic nitrogens is 4. The first-order valence-electron chi connectivity index (χ1n) is 10.2. The van der Waals surface area contributed by atoms with Gasteiger partial charge in [0.2, 0.25) is 0 Å². The second-order valence-corrected chi connectivity index (χ2v) is 7.31. The van der Waals surface area contributed by atoms with E-state index in [4.69, 9.17) is 20.6 Å². The second kappa shape index (κ2) is 9.45. The van der Waals surface area contributed by atoms with Crippen LogP contribution in [0.1, 0.15) is 10.4 Å². The molecule has 2 aromatic carbocycles. The van der Waals surface area contributed by atoms with E-state index in [-0.39, 0.29) is 29.2 Å². The lowest BCUT2D eigenvalue weighted by molar-refractivity contribution is 0.0827. The van der Waals surface area contributed by atoms with Crippen LogP contribution in [0.25, 0.3) is 34.3 Å². The molecule has 0 aliphatic heterocycles. The fourth-order valence-corrected chi connectivity index (χ4v) is 3.10. The molecule has 4 rings (SSSR count). The van der Waals surface area contributed by atoms with Gasteiger partial charge in [0.1, 0.15) is 12.4 Å². The Morgan fingerprint density at radius 3 is 2.52 bits per heavy atom. The largest absolute Gasteiger partial charge is 0.491 e. The highest BCUT2D eigenvalue weighted by atomic mass is 16.5. The second-order valence-electron chi connectivity index (χ2n) is 7.31. The van der Waals surface area contributed by atoms with E-state index in [1.165, 1.54) is 4.90 Å². The Morgan fingerprint density at radius 2 is 1.79 bits per heavy atom. The van der Waals surface area contributed by atoms with Gasteiger partial charge in [-0.2, -0.15) is 0 Å². The van der Waals surface area contributed by atoms with Gasteiger partial charge in [-0.1, -0.05) is 24.3 Å². The summed E-state index contributed by atoms with van der Waals surface area (Å²) < 4.78 is 11.5. The monoisotopic (exact) mass is 445 g/mol. The normalized spacial score (nSPS) is 10.8. The Balaban J connectivity index is 1.65. The Labute approximate surface area is 190 Å². The Kier molecular flexibility index (Phi) is 6.27. The van der Waals surface area contributed by atoms with Crippen molar-refractivity contribution in [2.45, 2.75) is 0 Å². The number of carbonyl (C=O) groups is 1. The van der Waals surface area contributed by atoms with Gasteiger partial charge in [0.25, 0.3) is 17.7 Å². The first-order chi connectivity index (χ1) is 16.0. The van der Waals surface area contributed by atoms with E-state index in [2.05, 4.69) is 20.2 Å². The fourth-order valence-electron chi connectivity index (χ4n) is 3.10. The minimum absolute atomic E-state index is 0.0836. The molecule has 0 aliphatic rings. The van der Waals surface area contributed by atoms with E-state index in [1.807, 2.05) is 18.2 Å². The number of benzene rings is 2.